The van der Waals surface area contributed by atoms with Crippen LogP contribution in [0.1, 0.15) is 24.0 Å². The first-order chi connectivity index (χ1) is 11.8. The lowest BCUT2D eigenvalue weighted by atomic mass is 9.95. The third kappa shape index (κ3) is 3.44. The van der Waals surface area contributed by atoms with Crippen molar-refractivity contribution >= 4 is 11.4 Å². The minimum atomic E-state index is 0.667. The van der Waals surface area contributed by atoms with E-state index in [0.717, 1.165) is 12.1 Å². The summed E-state index contributed by atoms with van der Waals surface area (Å²) < 4.78 is 0. The van der Waals surface area contributed by atoms with Crippen LogP contribution in [0.2, 0.25) is 0 Å². The van der Waals surface area contributed by atoms with Gasteiger partial charge in [-0.3, -0.25) is 4.99 Å². The summed E-state index contributed by atoms with van der Waals surface area (Å²) >= 11 is 0. The molecule has 2 nitrogen and oxygen atoms in total. The Kier molecular flexibility index (Phi) is 4.48. The number of likely N-dealkylation sites (tertiary alicyclic amines) is 1. The normalized spacial score (nSPS) is 25.3. The number of hydrogen-bond donors (Lipinski definition) is 0. The van der Waals surface area contributed by atoms with E-state index in [1.54, 1.807) is 0 Å². The molecule has 0 N–H and O–H groups in total. The Labute approximate surface area is 145 Å². The van der Waals surface area contributed by atoms with Crippen LogP contribution in [-0.2, 0) is 6.42 Å². The van der Waals surface area contributed by atoms with Crippen molar-refractivity contribution in [3.05, 3.63) is 65.7 Å². The summed E-state index contributed by atoms with van der Waals surface area (Å²) in [7, 11) is 0. The molecule has 0 amide bonds. The maximum atomic E-state index is 5.03. The maximum absolute atomic E-state index is 5.03. The van der Waals surface area contributed by atoms with Crippen molar-refractivity contribution in [2.24, 2.45) is 16.8 Å². The number of benzene rings is 2. The lowest BCUT2D eigenvalue weighted by Crippen LogP contribution is -2.43. The summed E-state index contributed by atoms with van der Waals surface area (Å²) in [5.74, 6) is 1.33. The minimum Gasteiger partial charge on any atom is -0.302 e. The average molecular weight is 318 g/mol. The first kappa shape index (κ1) is 15.6. The third-order valence-corrected chi connectivity index (χ3v) is 5.51. The lowest BCUT2D eigenvalue weighted by molar-refractivity contribution is 0.239. The molecule has 2 bridgehead atoms. The van der Waals surface area contributed by atoms with Gasteiger partial charge in [-0.15, -0.1) is 0 Å². The standard InChI is InChI=1S/C22H26N2/c1-17-7-11-21(12-8-17)23-22-19-9-10-20(22)16-24(15-19)14-13-18-5-3-2-4-6-18/h2-8,11-12,19-20H,9-10,13-16H2,1H3/t19-,20+. The highest BCUT2D eigenvalue weighted by Gasteiger charge is 2.38. The van der Waals surface area contributed by atoms with Gasteiger partial charge < -0.3 is 4.90 Å². The molecule has 2 fully saturated rings. The monoisotopic (exact) mass is 318 g/mol. The van der Waals surface area contributed by atoms with Gasteiger partial charge in [-0.2, -0.15) is 0 Å². The zero-order valence-corrected chi connectivity index (χ0v) is 14.5. The van der Waals surface area contributed by atoms with Crippen LogP contribution in [0.15, 0.2) is 59.6 Å². The number of piperidine rings is 1. The van der Waals surface area contributed by atoms with Gasteiger partial charge in [-0.25, -0.2) is 0 Å². The van der Waals surface area contributed by atoms with E-state index in [9.17, 15) is 0 Å². The van der Waals surface area contributed by atoms with Gasteiger partial charge in [0.15, 0.2) is 0 Å². The molecule has 2 heteroatoms. The Bertz CT molecular complexity index is 687. The van der Waals surface area contributed by atoms with Crippen LogP contribution in [0.4, 0.5) is 5.69 Å². The SMILES string of the molecule is Cc1ccc(N=C2[C@@H]3CC[C@H]2CN(CCc2ccccc2)C3)cc1. The molecule has 0 aromatic heterocycles. The molecule has 2 atom stereocenters. The van der Waals surface area contributed by atoms with Crippen molar-refractivity contribution in [3.8, 4) is 0 Å². The van der Waals surface area contributed by atoms with Crippen molar-refractivity contribution in [2.75, 3.05) is 19.6 Å². The van der Waals surface area contributed by atoms with E-state index in [0.29, 0.717) is 11.8 Å². The van der Waals surface area contributed by atoms with E-state index >= 15 is 0 Å². The van der Waals surface area contributed by atoms with Gasteiger partial charge in [-0.05, 0) is 43.9 Å². The molecule has 1 aliphatic carbocycles. The Morgan fingerprint density at radius 3 is 2.25 bits per heavy atom. The van der Waals surface area contributed by atoms with Crippen LogP contribution in [-0.4, -0.2) is 30.2 Å². The van der Waals surface area contributed by atoms with Gasteiger partial charge in [0.05, 0.1) is 5.69 Å². The molecule has 0 radical (unpaired) electrons. The molecular weight excluding hydrogens is 292 g/mol. The van der Waals surface area contributed by atoms with Gasteiger partial charge in [0.2, 0.25) is 0 Å². The second-order valence-corrected chi connectivity index (χ2v) is 7.34. The molecule has 124 valence electrons. The van der Waals surface area contributed by atoms with Crippen molar-refractivity contribution in [1.29, 1.82) is 0 Å². The summed E-state index contributed by atoms with van der Waals surface area (Å²) in [4.78, 5) is 7.68. The van der Waals surface area contributed by atoms with Crippen molar-refractivity contribution in [1.82, 2.24) is 4.90 Å². The fourth-order valence-corrected chi connectivity index (χ4v) is 4.16. The Morgan fingerprint density at radius 2 is 1.58 bits per heavy atom. The molecule has 4 rings (SSSR count). The van der Waals surface area contributed by atoms with E-state index in [2.05, 4.69) is 66.4 Å². The van der Waals surface area contributed by atoms with Crippen LogP contribution in [0.5, 0.6) is 0 Å². The molecule has 2 aliphatic rings. The van der Waals surface area contributed by atoms with Gasteiger partial charge in [0, 0.05) is 37.2 Å². The number of fused-ring (bicyclic) bond motifs is 2. The first-order valence-corrected chi connectivity index (χ1v) is 9.19. The minimum absolute atomic E-state index is 0.667. The molecular formula is C22H26N2. The number of hydrogen-bond acceptors (Lipinski definition) is 2. The quantitative estimate of drug-likeness (QED) is 0.801. The molecule has 0 unspecified atom stereocenters. The second-order valence-electron chi connectivity index (χ2n) is 7.34. The Hall–Kier alpha value is -1.93. The largest absolute Gasteiger partial charge is 0.302 e. The number of nitrogens with zero attached hydrogens (tertiary/aromatic N) is 2. The summed E-state index contributed by atoms with van der Waals surface area (Å²) in [6.07, 6.45) is 3.79. The zero-order chi connectivity index (χ0) is 16.4. The number of aryl methyl sites for hydroxylation is 1. The molecule has 1 saturated heterocycles. The predicted octanol–water partition coefficient (Wildman–Crippen LogP) is 4.65. The smallest absolute Gasteiger partial charge is 0.0629 e. The van der Waals surface area contributed by atoms with Crippen LogP contribution >= 0.6 is 0 Å². The highest BCUT2D eigenvalue weighted by Crippen LogP contribution is 2.36. The van der Waals surface area contributed by atoms with E-state index in [4.69, 9.17) is 4.99 Å². The molecule has 0 spiro atoms. The van der Waals surface area contributed by atoms with Gasteiger partial charge in [0.1, 0.15) is 0 Å². The maximum Gasteiger partial charge on any atom is 0.0629 e. The highest BCUT2D eigenvalue weighted by atomic mass is 15.1. The zero-order valence-electron chi connectivity index (χ0n) is 14.5. The van der Waals surface area contributed by atoms with E-state index in [1.165, 1.54) is 49.3 Å². The van der Waals surface area contributed by atoms with E-state index < -0.39 is 0 Å². The van der Waals surface area contributed by atoms with Gasteiger partial charge in [0.25, 0.3) is 0 Å². The fraction of sp³-hybridized carbons (Fsp3) is 0.409. The average Bonchev–Trinajstić information content (AvgIpc) is 2.84. The topological polar surface area (TPSA) is 15.6 Å². The predicted molar refractivity (Wildman–Crippen MR) is 101 cm³/mol. The molecule has 1 aliphatic heterocycles. The summed E-state index contributed by atoms with van der Waals surface area (Å²) in [5.41, 5.74) is 5.35. The van der Waals surface area contributed by atoms with Gasteiger partial charge >= 0.3 is 0 Å². The summed E-state index contributed by atoms with van der Waals surface area (Å²) in [6.45, 7) is 5.68. The number of aliphatic imine (C=N–C) groups is 1. The van der Waals surface area contributed by atoms with Crippen LogP contribution in [0.25, 0.3) is 0 Å². The summed E-state index contributed by atoms with van der Waals surface area (Å²) in [5, 5.41) is 0. The molecule has 2 aromatic rings. The van der Waals surface area contributed by atoms with Crippen LogP contribution in [0.3, 0.4) is 0 Å². The Morgan fingerprint density at radius 1 is 0.917 bits per heavy atom. The Balaban J connectivity index is 1.41. The molecule has 1 saturated carbocycles. The van der Waals surface area contributed by atoms with Crippen molar-refractivity contribution in [2.45, 2.75) is 26.2 Å². The second kappa shape index (κ2) is 6.90. The number of rotatable bonds is 4. The molecule has 24 heavy (non-hydrogen) atoms. The fourth-order valence-electron chi connectivity index (χ4n) is 4.16. The summed E-state index contributed by atoms with van der Waals surface area (Å²) in [6, 6.07) is 19.5. The van der Waals surface area contributed by atoms with Gasteiger partial charge in [-0.1, -0.05) is 48.0 Å². The van der Waals surface area contributed by atoms with Crippen LogP contribution < -0.4 is 0 Å². The van der Waals surface area contributed by atoms with Crippen molar-refractivity contribution < 1.29 is 0 Å². The third-order valence-electron chi connectivity index (χ3n) is 5.51. The molecule has 1 heterocycles. The lowest BCUT2D eigenvalue weighted by Gasteiger charge is -2.33. The van der Waals surface area contributed by atoms with Crippen molar-refractivity contribution in [3.63, 3.8) is 0 Å². The highest BCUT2D eigenvalue weighted by molar-refractivity contribution is 5.93. The van der Waals surface area contributed by atoms with E-state index in [1.807, 2.05) is 0 Å². The molecule has 2 aromatic carbocycles. The first-order valence-electron chi connectivity index (χ1n) is 9.19. The van der Waals surface area contributed by atoms with E-state index in [-0.39, 0.29) is 0 Å². The van der Waals surface area contributed by atoms with Crippen LogP contribution in [0, 0.1) is 18.8 Å².